The van der Waals surface area contributed by atoms with Crippen LogP contribution in [0.5, 0.6) is 0 Å². The van der Waals surface area contributed by atoms with Crippen LogP contribution in [0.15, 0.2) is 55.0 Å². The highest BCUT2D eigenvalue weighted by atomic mass is 16.6. The zero-order valence-electron chi connectivity index (χ0n) is 16.4. The van der Waals surface area contributed by atoms with Crippen LogP contribution in [-0.2, 0) is 6.54 Å². The number of furan rings is 1. The molecule has 1 aliphatic heterocycles. The molecule has 0 radical (unpaired) electrons. The van der Waals surface area contributed by atoms with Crippen LogP contribution in [-0.4, -0.2) is 34.0 Å². The predicted molar refractivity (Wildman–Crippen MR) is 110 cm³/mol. The number of benzene rings is 1. The van der Waals surface area contributed by atoms with Crippen LogP contribution in [0.2, 0.25) is 0 Å². The van der Waals surface area contributed by atoms with Crippen molar-refractivity contribution in [3.63, 3.8) is 0 Å². The Balaban J connectivity index is 1.35. The zero-order chi connectivity index (χ0) is 21.1. The normalized spacial score (nSPS) is 15.2. The molecule has 0 spiro atoms. The van der Waals surface area contributed by atoms with Gasteiger partial charge in [0.25, 0.3) is 0 Å². The van der Waals surface area contributed by atoms with Gasteiger partial charge >= 0.3 is 11.6 Å². The first-order chi connectivity index (χ1) is 14.5. The molecular weight excluding hydrogens is 390 g/mol. The maximum absolute atomic E-state index is 11.7. The molecule has 3 heterocycles. The van der Waals surface area contributed by atoms with Crippen molar-refractivity contribution in [3.05, 3.63) is 68.7 Å². The molecular formula is C20H21N5O5. The van der Waals surface area contributed by atoms with Crippen molar-refractivity contribution in [2.75, 3.05) is 18.0 Å². The van der Waals surface area contributed by atoms with E-state index in [1.807, 2.05) is 31.2 Å². The molecule has 1 aromatic carbocycles. The Morgan fingerprint density at radius 1 is 1.20 bits per heavy atom. The first-order valence-electron chi connectivity index (χ1n) is 9.74. The quantitative estimate of drug-likeness (QED) is 0.346. The summed E-state index contributed by atoms with van der Waals surface area (Å²) in [6, 6.07) is 10.6. The van der Waals surface area contributed by atoms with Crippen molar-refractivity contribution in [1.29, 1.82) is 0 Å². The number of nitro groups is 1. The number of piperidine rings is 1. The molecule has 156 valence electrons. The molecule has 3 aromatic rings. The van der Waals surface area contributed by atoms with E-state index in [-0.39, 0.29) is 11.8 Å². The lowest BCUT2D eigenvalue weighted by molar-refractivity contribution is -0.402. The van der Waals surface area contributed by atoms with Crippen molar-refractivity contribution >= 4 is 23.5 Å². The second kappa shape index (κ2) is 8.36. The summed E-state index contributed by atoms with van der Waals surface area (Å²) in [5.41, 5.74) is 1.81. The summed E-state index contributed by atoms with van der Waals surface area (Å²) in [5.74, 6) is 0.309. The van der Waals surface area contributed by atoms with Gasteiger partial charge in [-0.1, -0.05) is 0 Å². The molecule has 1 saturated heterocycles. The van der Waals surface area contributed by atoms with E-state index in [0.717, 1.165) is 37.3 Å². The number of anilines is 1. The minimum Gasteiger partial charge on any atom is -0.400 e. The lowest BCUT2D eigenvalue weighted by atomic mass is 9.96. The summed E-state index contributed by atoms with van der Waals surface area (Å²) < 4.78 is 11.7. The number of aromatic nitrogens is 2. The van der Waals surface area contributed by atoms with Gasteiger partial charge in [0.2, 0.25) is 5.89 Å². The van der Waals surface area contributed by atoms with E-state index in [0.29, 0.717) is 18.2 Å². The zero-order valence-corrected chi connectivity index (χ0v) is 16.4. The maximum Gasteiger partial charge on any atom is 0.437 e. The number of nitrogens with zero attached hydrogens (tertiary/aromatic N) is 5. The third-order valence-electron chi connectivity index (χ3n) is 5.11. The van der Waals surface area contributed by atoms with E-state index in [9.17, 15) is 14.9 Å². The van der Waals surface area contributed by atoms with Gasteiger partial charge in [-0.15, -0.1) is 5.10 Å². The molecule has 10 heteroatoms. The molecule has 0 unspecified atom stereocenters. The molecule has 0 bridgehead atoms. The van der Waals surface area contributed by atoms with Crippen molar-refractivity contribution in [2.24, 2.45) is 4.99 Å². The number of aryl methyl sites for hydroxylation is 1. The number of hydrogen-bond donors (Lipinski definition) is 0. The fraction of sp³-hybridized carbons (Fsp3) is 0.350. The molecule has 0 atom stereocenters. The molecule has 10 nitrogen and oxygen atoms in total. The fourth-order valence-electron chi connectivity index (χ4n) is 3.47. The van der Waals surface area contributed by atoms with E-state index >= 15 is 0 Å². The second-order valence-corrected chi connectivity index (χ2v) is 6.99. The van der Waals surface area contributed by atoms with Gasteiger partial charge in [-0.2, -0.15) is 4.68 Å². The molecule has 0 N–H and O–H groups in total. The Morgan fingerprint density at radius 3 is 2.53 bits per heavy atom. The highest BCUT2D eigenvalue weighted by Gasteiger charge is 2.25. The highest BCUT2D eigenvalue weighted by Crippen LogP contribution is 2.30. The average molecular weight is 411 g/mol. The second-order valence-electron chi connectivity index (χ2n) is 6.99. The third-order valence-corrected chi connectivity index (χ3v) is 5.11. The Morgan fingerprint density at radius 2 is 1.93 bits per heavy atom. The lowest BCUT2D eigenvalue weighted by Crippen LogP contribution is -2.32. The van der Waals surface area contributed by atoms with Gasteiger partial charge in [-0.05, 0) is 50.1 Å². The Bertz CT molecular complexity index is 1100. The molecule has 0 saturated carbocycles. The van der Waals surface area contributed by atoms with Crippen LogP contribution >= 0.6 is 0 Å². The van der Waals surface area contributed by atoms with Gasteiger partial charge in [0.15, 0.2) is 5.76 Å². The summed E-state index contributed by atoms with van der Waals surface area (Å²) in [5, 5.41) is 14.9. The summed E-state index contributed by atoms with van der Waals surface area (Å²) in [7, 11) is 0. The average Bonchev–Trinajstić information content (AvgIpc) is 3.39. The van der Waals surface area contributed by atoms with Gasteiger partial charge in [0, 0.05) is 31.2 Å². The minimum absolute atomic E-state index is 0.156. The van der Waals surface area contributed by atoms with Crippen molar-refractivity contribution in [3.8, 4) is 0 Å². The van der Waals surface area contributed by atoms with Crippen LogP contribution in [0.1, 0.15) is 37.3 Å². The van der Waals surface area contributed by atoms with E-state index in [4.69, 9.17) is 8.83 Å². The largest absolute Gasteiger partial charge is 0.437 e. The van der Waals surface area contributed by atoms with Crippen molar-refractivity contribution < 1.29 is 13.8 Å². The summed E-state index contributed by atoms with van der Waals surface area (Å²) in [6.45, 7) is 4.05. The van der Waals surface area contributed by atoms with Crippen LogP contribution in [0.3, 0.4) is 0 Å². The predicted octanol–water partition coefficient (Wildman–Crippen LogP) is 3.49. The Kier molecular flexibility index (Phi) is 5.46. The molecule has 30 heavy (non-hydrogen) atoms. The molecule has 1 aliphatic rings. The Labute approximate surface area is 171 Å². The molecule has 2 aromatic heterocycles. The van der Waals surface area contributed by atoms with E-state index in [1.165, 1.54) is 23.0 Å². The number of aliphatic imine (C=N–C) groups is 1. The van der Waals surface area contributed by atoms with Gasteiger partial charge in [-0.3, -0.25) is 15.1 Å². The molecule has 0 aliphatic carbocycles. The monoisotopic (exact) mass is 411 g/mol. The smallest absolute Gasteiger partial charge is 0.400 e. The summed E-state index contributed by atoms with van der Waals surface area (Å²) >= 11 is 0. The number of hydrogen-bond acceptors (Lipinski definition) is 8. The summed E-state index contributed by atoms with van der Waals surface area (Å²) in [6.07, 6.45) is 3.18. The standard InChI is InChI=1S/C20H21N5O5/c1-2-24-20(26)30-19(22-24)14-9-11-23(12-10-14)16-5-3-15(4-6-16)21-13-17-7-8-18(29-17)25(27)28/h3-8,13-14H,2,9-12H2,1H3. The molecule has 0 amide bonds. The van der Waals surface area contributed by atoms with E-state index < -0.39 is 10.7 Å². The van der Waals surface area contributed by atoms with Crippen LogP contribution in [0, 0.1) is 10.1 Å². The van der Waals surface area contributed by atoms with Crippen LogP contribution in [0.4, 0.5) is 17.3 Å². The van der Waals surface area contributed by atoms with Gasteiger partial charge in [-0.25, -0.2) is 4.79 Å². The van der Waals surface area contributed by atoms with Crippen molar-refractivity contribution in [1.82, 2.24) is 9.78 Å². The lowest BCUT2D eigenvalue weighted by Gasteiger charge is -2.32. The fourth-order valence-corrected chi connectivity index (χ4v) is 3.47. The SMILES string of the molecule is CCn1nc(C2CCN(c3ccc(N=Cc4ccc([N+](=O)[O-])o4)cc3)CC2)oc1=O. The summed E-state index contributed by atoms with van der Waals surface area (Å²) in [4.78, 5) is 28.3. The van der Waals surface area contributed by atoms with Gasteiger partial charge < -0.3 is 13.7 Å². The van der Waals surface area contributed by atoms with E-state index in [2.05, 4.69) is 15.0 Å². The van der Waals surface area contributed by atoms with Crippen LogP contribution < -0.4 is 10.7 Å². The van der Waals surface area contributed by atoms with Crippen LogP contribution in [0.25, 0.3) is 0 Å². The Hall–Kier alpha value is -3.69. The molecule has 4 rings (SSSR count). The minimum atomic E-state index is -0.585. The maximum atomic E-state index is 11.7. The first-order valence-corrected chi connectivity index (χ1v) is 9.74. The first kappa shape index (κ1) is 19.6. The third kappa shape index (κ3) is 4.17. The van der Waals surface area contributed by atoms with Gasteiger partial charge in [0.05, 0.1) is 18.0 Å². The van der Waals surface area contributed by atoms with Gasteiger partial charge in [0.1, 0.15) is 4.92 Å². The van der Waals surface area contributed by atoms with Crippen molar-refractivity contribution in [2.45, 2.75) is 32.2 Å². The topological polar surface area (TPSA) is 120 Å². The van der Waals surface area contributed by atoms with E-state index in [1.54, 1.807) is 0 Å². The molecule has 1 fully saturated rings. The number of rotatable bonds is 6. The highest BCUT2D eigenvalue weighted by molar-refractivity contribution is 5.79.